The maximum absolute atomic E-state index is 12.4. The highest BCUT2D eigenvalue weighted by Gasteiger charge is 2.19. The van der Waals surface area contributed by atoms with Gasteiger partial charge in [-0.1, -0.05) is 19.1 Å². The molecule has 0 spiro atoms. The van der Waals surface area contributed by atoms with Gasteiger partial charge in [0.05, 0.1) is 7.11 Å². The maximum Gasteiger partial charge on any atom is 0.265 e. The average molecular weight is 327 g/mol. The molecule has 0 radical (unpaired) electrons. The zero-order valence-corrected chi connectivity index (χ0v) is 14.0. The number of Topliss-reactive ketones (excluding diaryl/α,β-unsaturated/α-hetero) is 1. The van der Waals surface area contributed by atoms with Gasteiger partial charge in [-0.3, -0.25) is 9.59 Å². The van der Waals surface area contributed by atoms with E-state index in [2.05, 4.69) is 5.32 Å². The van der Waals surface area contributed by atoms with Crippen LogP contribution in [-0.2, 0) is 4.79 Å². The van der Waals surface area contributed by atoms with Crippen molar-refractivity contribution in [2.45, 2.75) is 26.4 Å². The highest BCUT2D eigenvalue weighted by atomic mass is 16.5. The van der Waals surface area contributed by atoms with Gasteiger partial charge in [-0.2, -0.15) is 0 Å². The van der Waals surface area contributed by atoms with Gasteiger partial charge in [0.15, 0.2) is 11.9 Å². The minimum Gasteiger partial charge on any atom is -0.497 e. The van der Waals surface area contributed by atoms with Crippen LogP contribution in [-0.4, -0.2) is 24.9 Å². The van der Waals surface area contributed by atoms with Gasteiger partial charge in [-0.15, -0.1) is 0 Å². The lowest BCUT2D eigenvalue weighted by Gasteiger charge is -2.17. The summed E-state index contributed by atoms with van der Waals surface area (Å²) in [6.07, 6.45) is -0.107. The Balaban J connectivity index is 2.05. The highest BCUT2D eigenvalue weighted by molar-refractivity contribution is 5.98. The first-order valence-corrected chi connectivity index (χ1v) is 7.76. The number of anilines is 1. The smallest absolute Gasteiger partial charge is 0.265 e. The molecule has 0 aliphatic rings. The Morgan fingerprint density at radius 3 is 2.33 bits per heavy atom. The van der Waals surface area contributed by atoms with Crippen LogP contribution in [0, 0.1) is 0 Å². The van der Waals surface area contributed by atoms with Crippen LogP contribution < -0.4 is 14.8 Å². The number of ether oxygens (including phenoxy) is 2. The predicted molar refractivity (Wildman–Crippen MR) is 92.8 cm³/mol. The Morgan fingerprint density at radius 2 is 1.75 bits per heavy atom. The number of benzene rings is 2. The fraction of sp³-hybridized carbons (Fsp3) is 0.263. The van der Waals surface area contributed by atoms with E-state index in [4.69, 9.17) is 9.47 Å². The molecule has 0 aliphatic carbocycles. The zero-order valence-electron chi connectivity index (χ0n) is 14.0. The summed E-state index contributed by atoms with van der Waals surface area (Å²) in [6, 6.07) is 13.9. The Morgan fingerprint density at radius 1 is 1.08 bits per heavy atom. The van der Waals surface area contributed by atoms with E-state index in [0.717, 1.165) is 5.75 Å². The second kappa shape index (κ2) is 8.15. The molecule has 0 heterocycles. The molecule has 0 bridgehead atoms. The third kappa shape index (κ3) is 4.59. The fourth-order valence-electron chi connectivity index (χ4n) is 2.18. The molecule has 1 atom stereocenters. The van der Waals surface area contributed by atoms with Crippen LogP contribution in [0.3, 0.4) is 0 Å². The van der Waals surface area contributed by atoms with E-state index >= 15 is 0 Å². The van der Waals surface area contributed by atoms with Crippen molar-refractivity contribution >= 4 is 17.4 Å². The molecule has 5 nitrogen and oxygen atoms in total. The van der Waals surface area contributed by atoms with E-state index in [1.54, 1.807) is 55.6 Å². The number of carbonyl (C=O) groups is 2. The van der Waals surface area contributed by atoms with Crippen LogP contribution >= 0.6 is 0 Å². The standard InChI is InChI=1S/C19H21NO4/c1-4-18(24-17-10-8-16(23-3)9-11-17)19(22)20-15-7-5-6-14(12-15)13(2)21/h5-12,18H,4H2,1-3H3,(H,20,22)/t18-/m1/s1. The van der Waals surface area contributed by atoms with Gasteiger partial charge in [0.1, 0.15) is 11.5 Å². The Hall–Kier alpha value is -2.82. The number of hydrogen-bond donors (Lipinski definition) is 1. The SMILES string of the molecule is CC[C@@H](Oc1ccc(OC)cc1)C(=O)Nc1cccc(C(C)=O)c1. The Bertz CT molecular complexity index is 710. The Labute approximate surface area is 141 Å². The second-order valence-corrected chi connectivity index (χ2v) is 5.32. The van der Waals surface area contributed by atoms with Crippen molar-refractivity contribution in [2.24, 2.45) is 0 Å². The normalized spacial score (nSPS) is 11.5. The van der Waals surface area contributed by atoms with Crippen LogP contribution in [0.15, 0.2) is 48.5 Å². The molecule has 0 aliphatic heterocycles. The number of hydrogen-bond acceptors (Lipinski definition) is 4. The number of rotatable bonds is 7. The molecule has 0 saturated carbocycles. The van der Waals surface area contributed by atoms with Crippen LogP contribution in [0.25, 0.3) is 0 Å². The van der Waals surface area contributed by atoms with E-state index in [-0.39, 0.29) is 11.7 Å². The topological polar surface area (TPSA) is 64.6 Å². The van der Waals surface area contributed by atoms with Crippen LogP contribution in [0.1, 0.15) is 30.6 Å². The third-order valence-electron chi connectivity index (χ3n) is 3.54. The molecule has 126 valence electrons. The first kappa shape index (κ1) is 17.5. The summed E-state index contributed by atoms with van der Waals surface area (Å²) in [5.74, 6) is 1.01. The molecular weight excluding hydrogens is 306 g/mol. The molecule has 5 heteroatoms. The summed E-state index contributed by atoms with van der Waals surface area (Å²) < 4.78 is 10.8. The molecule has 1 amide bonds. The lowest BCUT2D eigenvalue weighted by atomic mass is 10.1. The number of carbonyl (C=O) groups excluding carboxylic acids is 2. The Kier molecular flexibility index (Phi) is 5.95. The molecule has 24 heavy (non-hydrogen) atoms. The van der Waals surface area contributed by atoms with Gasteiger partial charge in [-0.05, 0) is 49.7 Å². The van der Waals surface area contributed by atoms with Gasteiger partial charge in [-0.25, -0.2) is 0 Å². The molecular formula is C19H21NO4. The second-order valence-electron chi connectivity index (χ2n) is 5.32. The minimum atomic E-state index is -0.626. The molecule has 1 N–H and O–H groups in total. The minimum absolute atomic E-state index is 0.0485. The lowest BCUT2D eigenvalue weighted by molar-refractivity contribution is -0.122. The maximum atomic E-state index is 12.4. The summed E-state index contributed by atoms with van der Waals surface area (Å²) in [4.78, 5) is 23.8. The summed E-state index contributed by atoms with van der Waals surface area (Å²) in [5, 5.41) is 2.79. The molecule has 2 aromatic rings. The van der Waals surface area contributed by atoms with Crippen molar-refractivity contribution in [3.8, 4) is 11.5 Å². The lowest BCUT2D eigenvalue weighted by Crippen LogP contribution is -2.32. The van der Waals surface area contributed by atoms with Crippen molar-refractivity contribution in [2.75, 3.05) is 12.4 Å². The average Bonchev–Trinajstić information content (AvgIpc) is 2.60. The number of nitrogens with one attached hydrogen (secondary N) is 1. The molecule has 0 fully saturated rings. The summed E-state index contributed by atoms with van der Waals surface area (Å²) in [7, 11) is 1.59. The quantitative estimate of drug-likeness (QED) is 0.788. The van der Waals surface area contributed by atoms with E-state index in [0.29, 0.717) is 23.4 Å². The van der Waals surface area contributed by atoms with Crippen LogP contribution in [0.5, 0.6) is 11.5 Å². The third-order valence-corrected chi connectivity index (χ3v) is 3.54. The first-order valence-electron chi connectivity index (χ1n) is 7.76. The molecule has 2 aromatic carbocycles. The van der Waals surface area contributed by atoms with Crippen LogP contribution in [0.2, 0.25) is 0 Å². The number of amides is 1. The first-order chi connectivity index (χ1) is 11.5. The molecule has 0 unspecified atom stereocenters. The van der Waals surface area contributed by atoms with E-state index in [1.165, 1.54) is 6.92 Å². The summed E-state index contributed by atoms with van der Waals surface area (Å²) >= 11 is 0. The number of methoxy groups -OCH3 is 1. The molecule has 2 rings (SSSR count). The van der Waals surface area contributed by atoms with E-state index in [9.17, 15) is 9.59 Å². The molecule has 0 saturated heterocycles. The van der Waals surface area contributed by atoms with Crippen LogP contribution in [0.4, 0.5) is 5.69 Å². The fourth-order valence-corrected chi connectivity index (χ4v) is 2.18. The van der Waals surface area contributed by atoms with Gasteiger partial charge in [0, 0.05) is 11.3 Å². The number of ketones is 1. The van der Waals surface area contributed by atoms with Gasteiger partial charge < -0.3 is 14.8 Å². The largest absolute Gasteiger partial charge is 0.497 e. The van der Waals surface area contributed by atoms with Gasteiger partial charge in [0.2, 0.25) is 0 Å². The van der Waals surface area contributed by atoms with Crippen molar-refractivity contribution in [3.63, 3.8) is 0 Å². The van der Waals surface area contributed by atoms with Crippen molar-refractivity contribution in [1.29, 1.82) is 0 Å². The van der Waals surface area contributed by atoms with Crippen molar-refractivity contribution < 1.29 is 19.1 Å². The summed E-state index contributed by atoms with van der Waals surface area (Å²) in [6.45, 7) is 3.36. The molecule has 0 aromatic heterocycles. The van der Waals surface area contributed by atoms with Crippen molar-refractivity contribution in [3.05, 3.63) is 54.1 Å². The predicted octanol–water partition coefficient (Wildman–Crippen LogP) is 3.69. The van der Waals surface area contributed by atoms with Crippen molar-refractivity contribution in [1.82, 2.24) is 0 Å². The van der Waals surface area contributed by atoms with Gasteiger partial charge in [0.25, 0.3) is 5.91 Å². The zero-order chi connectivity index (χ0) is 17.5. The monoisotopic (exact) mass is 327 g/mol. The highest BCUT2D eigenvalue weighted by Crippen LogP contribution is 2.20. The summed E-state index contributed by atoms with van der Waals surface area (Å²) in [5.41, 5.74) is 1.13. The van der Waals surface area contributed by atoms with Gasteiger partial charge >= 0.3 is 0 Å². The van der Waals surface area contributed by atoms with E-state index < -0.39 is 6.10 Å². The van der Waals surface area contributed by atoms with E-state index in [1.807, 2.05) is 6.92 Å².